The molecular weight excluding hydrogens is 844 g/mol. The summed E-state index contributed by atoms with van der Waals surface area (Å²) in [4.78, 5) is 86.8. The summed E-state index contributed by atoms with van der Waals surface area (Å²) >= 11 is 0. The van der Waals surface area contributed by atoms with Crippen LogP contribution in [0.25, 0.3) is 10.9 Å². The van der Waals surface area contributed by atoms with E-state index in [4.69, 9.17) is 4.74 Å². The van der Waals surface area contributed by atoms with Crippen LogP contribution in [-0.4, -0.2) is 102 Å². The normalized spacial score (nSPS) is 12.4. The molecule has 0 aliphatic rings. The van der Waals surface area contributed by atoms with Gasteiger partial charge in [-0.2, -0.15) is 13.2 Å². The van der Waals surface area contributed by atoms with E-state index in [9.17, 15) is 41.9 Å². The van der Waals surface area contributed by atoms with E-state index in [2.05, 4.69) is 31.6 Å². The molecule has 1 aromatic heterocycles. The SMILES string of the molecule is CC(C)(C)OC(=O)N[C@@H](CC(=O)N(CCNCC(=O)c1ccccc1)CCNCC(=O)c1ccccc1)C(=O)N[C@@H](Cc1ccc(C(F)(F)F)cc1)C(=O)Nc1cnc2ccccc2c1. The number of hydrogen-bond donors (Lipinski definition) is 5. The van der Waals surface area contributed by atoms with Crippen LogP contribution in [0.2, 0.25) is 0 Å². The number of alkyl carbamates (subject to hydrolysis) is 1. The maximum absolute atomic E-state index is 14.3. The number of rotatable bonds is 21. The molecule has 14 nitrogen and oxygen atoms in total. The third kappa shape index (κ3) is 16.0. The summed E-state index contributed by atoms with van der Waals surface area (Å²) in [5.74, 6) is -2.68. The number of nitrogens with zero attached hydrogens (tertiary/aromatic N) is 2. The average Bonchev–Trinajstić information content (AvgIpc) is 3.27. The third-order valence-electron chi connectivity index (χ3n) is 9.83. The van der Waals surface area contributed by atoms with Gasteiger partial charge in [-0.1, -0.05) is 91.0 Å². The Balaban J connectivity index is 1.36. The molecule has 0 spiro atoms. The maximum Gasteiger partial charge on any atom is 0.416 e. The number of aromatic nitrogens is 1. The number of alkyl halides is 3. The number of ketones is 2. The fourth-order valence-corrected chi connectivity index (χ4v) is 6.52. The van der Waals surface area contributed by atoms with Gasteiger partial charge >= 0.3 is 12.3 Å². The molecule has 0 unspecified atom stereocenters. The third-order valence-corrected chi connectivity index (χ3v) is 9.83. The molecule has 5 rings (SSSR count). The van der Waals surface area contributed by atoms with Gasteiger partial charge in [0.2, 0.25) is 17.7 Å². The van der Waals surface area contributed by atoms with Crippen LogP contribution in [0.4, 0.5) is 23.7 Å². The number of carbonyl (C=O) groups excluding carboxylic acids is 6. The number of fused-ring (bicyclic) bond motifs is 1. The number of halogens is 3. The predicted octanol–water partition coefficient (Wildman–Crippen LogP) is 5.98. The van der Waals surface area contributed by atoms with E-state index in [1.54, 1.807) is 112 Å². The fraction of sp³-hybridized carbons (Fsp3) is 0.312. The zero-order chi connectivity index (χ0) is 47.0. The Kier molecular flexibility index (Phi) is 17.4. The van der Waals surface area contributed by atoms with Gasteiger partial charge in [0.25, 0.3) is 0 Å². The number of ether oxygens (including phenoxy) is 1. The Morgan fingerprint density at radius 1 is 0.677 bits per heavy atom. The Labute approximate surface area is 374 Å². The van der Waals surface area contributed by atoms with Crippen LogP contribution in [0.15, 0.2) is 121 Å². The molecule has 1 heterocycles. The lowest BCUT2D eigenvalue weighted by Crippen LogP contribution is -2.55. The highest BCUT2D eigenvalue weighted by molar-refractivity contribution is 6.00. The number of Topliss-reactive ketones (excluding diaryl/α,β-unsaturated/α-hetero) is 2. The highest BCUT2D eigenvalue weighted by Gasteiger charge is 2.33. The second-order valence-corrected chi connectivity index (χ2v) is 16.1. The van der Waals surface area contributed by atoms with Gasteiger partial charge in [-0.3, -0.25) is 29.0 Å². The van der Waals surface area contributed by atoms with Crippen LogP contribution in [0, 0.1) is 0 Å². The first-order valence-electron chi connectivity index (χ1n) is 20.9. The standard InChI is InChI=1S/C48H52F3N7O7/c1-47(2,3)65-46(64)57-40(28-43(61)58(24-22-52-30-41(59)33-12-6-4-7-13-33)25-23-53-31-42(60)34-14-8-5-9-15-34)45(63)56-39(26-32-18-20-36(21-19-32)48(49,50)51)44(62)55-37-27-35-16-10-11-17-38(35)54-29-37/h4-21,27,29,39-40,52-53H,22-26,28,30-31H2,1-3H3,(H,55,62)(H,56,63)(H,57,64)/t39-,40-/m0/s1. The van der Waals surface area contributed by atoms with Gasteiger partial charge in [-0.15, -0.1) is 0 Å². The lowest BCUT2D eigenvalue weighted by molar-refractivity contribution is -0.137. The zero-order valence-electron chi connectivity index (χ0n) is 36.2. The predicted molar refractivity (Wildman–Crippen MR) is 239 cm³/mol. The first-order valence-corrected chi connectivity index (χ1v) is 20.9. The minimum atomic E-state index is -4.61. The number of nitrogens with one attached hydrogen (secondary N) is 5. The quantitative estimate of drug-likeness (QED) is 0.0434. The molecular formula is C48H52F3N7O7. The molecule has 0 saturated heterocycles. The van der Waals surface area contributed by atoms with Crippen molar-refractivity contribution in [2.24, 2.45) is 0 Å². The van der Waals surface area contributed by atoms with Gasteiger partial charge in [0, 0.05) is 49.1 Å². The van der Waals surface area contributed by atoms with Crippen LogP contribution in [0.5, 0.6) is 0 Å². The van der Waals surface area contributed by atoms with E-state index in [0.717, 1.165) is 12.1 Å². The van der Waals surface area contributed by atoms with Crippen LogP contribution >= 0.6 is 0 Å². The Morgan fingerprint density at radius 2 is 1.23 bits per heavy atom. The average molecular weight is 896 g/mol. The van der Waals surface area contributed by atoms with E-state index < -0.39 is 59.7 Å². The largest absolute Gasteiger partial charge is 0.444 e. The molecule has 2 atom stereocenters. The van der Waals surface area contributed by atoms with E-state index in [1.807, 2.05) is 0 Å². The number of anilines is 1. The minimum absolute atomic E-state index is 0.0290. The minimum Gasteiger partial charge on any atom is -0.444 e. The Morgan fingerprint density at radius 3 is 1.78 bits per heavy atom. The summed E-state index contributed by atoms with van der Waals surface area (Å²) in [6.07, 6.45) is -5.14. The number of para-hydroxylation sites is 1. The van der Waals surface area contributed by atoms with E-state index in [1.165, 1.54) is 23.2 Å². The number of pyridine rings is 1. The zero-order valence-corrected chi connectivity index (χ0v) is 36.2. The molecule has 342 valence electrons. The summed E-state index contributed by atoms with van der Waals surface area (Å²) in [5, 5.41) is 14.6. The van der Waals surface area contributed by atoms with Gasteiger partial charge in [0.1, 0.15) is 17.7 Å². The Hall–Kier alpha value is -6.98. The van der Waals surface area contributed by atoms with Gasteiger partial charge in [-0.25, -0.2) is 4.79 Å². The molecule has 0 saturated carbocycles. The summed E-state index contributed by atoms with van der Waals surface area (Å²) in [7, 11) is 0. The Bertz CT molecular complexity index is 2350. The second-order valence-electron chi connectivity index (χ2n) is 16.1. The lowest BCUT2D eigenvalue weighted by Gasteiger charge is -2.28. The van der Waals surface area contributed by atoms with Crippen molar-refractivity contribution in [1.82, 2.24) is 31.2 Å². The summed E-state index contributed by atoms with van der Waals surface area (Å²) in [6.45, 7) is 5.16. The van der Waals surface area contributed by atoms with Crippen molar-refractivity contribution in [3.63, 3.8) is 0 Å². The van der Waals surface area contributed by atoms with E-state index >= 15 is 0 Å². The summed E-state index contributed by atoms with van der Waals surface area (Å²) in [5.41, 5.74) is 0.282. The topological polar surface area (TPSA) is 188 Å². The second kappa shape index (κ2) is 23.1. The number of benzene rings is 4. The highest BCUT2D eigenvalue weighted by Crippen LogP contribution is 2.29. The van der Waals surface area contributed by atoms with Crippen molar-refractivity contribution in [2.45, 2.75) is 57.5 Å². The van der Waals surface area contributed by atoms with Crippen LogP contribution in [0.1, 0.15) is 59.0 Å². The van der Waals surface area contributed by atoms with E-state index in [0.29, 0.717) is 22.0 Å². The molecule has 0 fully saturated rings. The van der Waals surface area contributed by atoms with Crippen molar-refractivity contribution in [1.29, 1.82) is 0 Å². The maximum atomic E-state index is 14.3. The van der Waals surface area contributed by atoms with Crippen LogP contribution < -0.4 is 26.6 Å². The van der Waals surface area contributed by atoms with E-state index in [-0.39, 0.29) is 68.5 Å². The van der Waals surface area contributed by atoms with Crippen molar-refractivity contribution >= 4 is 52.0 Å². The summed E-state index contributed by atoms with van der Waals surface area (Å²) < 4.78 is 45.7. The van der Waals surface area contributed by atoms with Crippen LogP contribution in [-0.2, 0) is 31.7 Å². The van der Waals surface area contributed by atoms with Crippen LogP contribution in [0.3, 0.4) is 0 Å². The van der Waals surface area contributed by atoms with Crippen molar-refractivity contribution < 1.29 is 46.7 Å². The molecule has 4 amide bonds. The number of hydrogen-bond acceptors (Lipinski definition) is 10. The molecule has 0 radical (unpaired) electrons. The molecule has 0 aliphatic carbocycles. The highest BCUT2D eigenvalue weighted by atomic mass is 19.4. The monoisotopic (exact) mass is 895 g/mol. The fourth-order valence-electron chi connectivity index (χ4n) is 6.52. The molecule has 17 heteroatoms. The first-order chi connectivity index (χ1) is 30.9. The smallest absolute Gasteiger partial charge is 0.416 e. The molecule has 0 aliphatic heterocycles. The van der Waals surface area contributed by atoms with Gasteiger partial charge < -0.3 is 36.2 Å². The van der Waals surface area contributed by atoms with Crippen molar-refractivity contribution in [3.05, 3.63) is 144 Å². The number of amides is 4. The molecule has 5 aromatic rings. The molecule has 5 N–H and O–H groups in total. The van der Waals surface area contributed by atoms with Gasteiger partial charge in [0.05, 0.1) is 42.5 Å². The molecule has 0 bridgehead atoms. The molecule has 4 aromatic carbocycles. The van der Waals surface area contributed by atoms with Crippen molar-refractivity contribution in [2.75, 3.05) is 44.6 Å². The lowest BCUT2D eigenvalue weighted by atomic mass is 10.0. The molecule has 65 heavy (non-hydrogen) atoms. The number of carbonyl (C=O) groups is 6. The van der Waals surface area contributed by atoms with Crippen molar-refractivity contribution in [3.8, 4) is 0 Å². The first kappa shape index (κ1) is 49.0. The van der Waals surface area contributed by atoms with Gasteiger partial charge in [-0.05, 0) is 50.6 Å². The summed E-state index contributed by atoms with van der Waals surface area (Å²) in [6, 6.07) is 27.1. The van der Waals surface area contributed by atoms with Gasteiger partial charge in [0.15, 0.2) is 11.6 Å².